The van der Waals surface area contributed by atoms with E-state index in [1.165, 1.54) is 25.6 Å². The molecule has 25 heavy (non-hydrogen) atoms. The molecule has 1 aromatic heterocycles. The summed E-state index contributed by atoms with van der Waals surface area (Å²) in [7, 11) is 2.96. The first-order chi connectivity index (χ1) is 12.0. The third-order valence-electron chi connectivity index (χ3n) is 3.52. The van der Waals surface area contributed by atoms with E-state index in [2.05, 4.69) is 10.6 Å². The van der Waals surface area contributed by atoms with Crippen LogP contribution in [0.3, 0.4) is 0 Å². The number of carbonyl (C=O) groups excluding carboxylic acids is 2. The Balaban J connectivity index is 1.94. The van der Waals surface area contributed by atoms with Crippen molar-refractivity contribution in [2.75, 3.05) is 26.1 Å². The molecule has 0 aliphatic carbocycles. The van der Waals surface area contributed by atoms with Gasteiger partial charge in [-0.2, -0.15) is 0 Å². The Kier molecular flexibility index (Phi) is 6.37. The highest BCUT2D eigenvalue weighted by Crippen LogP contribution is 2.29. The van der Waals surface area contributed by atoms with E-state index < -0.39 is 17.9 Å². The minimum Gasteiger partial charge on any atom is -0.497 e. The van der Waals surface area contributed by atoms with Crippen molar-refractivity contribution in [3.8, 4) is 11.5 Å². The Labute approximate surface area is 149 Å². The standard InChI is InChI=1S/C17H20N2O5S/c1-10-6-7-25-15(10)13(20)9-18-16(21)17(22)19-12-5-4-11(23-2)8-14(12)24-3/h4-8,13,20H,9H2,1-3H3,(H,18,21)(H,19,22). The highest BCUT2D eigenvalue weighted by molar-refractivity contribution is 7.10. The second kappa shape index (κ2) is 8.50. The Morgan fingerprint density at radius 2 is 1.96 bits per heavy atom. The number of rotatable bonds is 6. The zero-order valence-electron chi connectivity index (χ0n) is 14.2. The molecule has 8 heteroatoms. The van der Waals surface area contributed by atoms with Gasteiger partial charge in [-0.25, -0.2) is 0 Å². The van der Waals surface area contributed by atoms with E-state index in [1.54, 1.807) is 18.2 Å². The van der Waals surface area contributed by atoms with Gasteiger partial charge in [0.25, 0.3) is 0 Å². The minimum atomic E-state index is -0.854. The zero-order chi connectivity index (χ0) is 18.4. The fourth-order valence-corrected chi connectivity index (χ4v) is 3.08. The second-order valence-electron chi connectivity index (χ2n) is 5.21. The summed E-state index contributed by atoms with van der Waals surface area (Å²) in [5, 5.41) is 16.8. The van der Waals surface area contributed by atoms with Crippen LogP contribution in [0.1, 0.15) is 16.5 Å². The molecule has 0 spiro atoms. The summed E-state index contributed by atoms with van der Waals surface area (Å²) in [6.07, 6.45) is -0.854. The first-order valence-corrected chi connectivity index (χ1v) is 8.37. The molecule has 0 aliphatic heterocycles. The average molecular weight is 364 g/mol. The number of ether oxygens (including phenoxy) is 2. The van der Waals surface area contributed by atoms with E-state index >= 15 is 0 Å². The highest BCUT2D eigenvalue weighted by Gasteiger charge is 2.19. The molecule has 0 radical (unpaired) electrons. The van der Waals surface area contributed by atoms with Crippen LogP contribution in [0.15, 0.2) is 29.6 Å². The van der Waals surface area contributed by atoms with Crippen LogP contribution in [-0.2, 0) is 9.59 Å². The summed E-state index contributed by atoms with van der Waals surface area (Å²) >= 11 is 1.40. The quantitative estimate of drug-likeness (QED) is 0.680. The molecule has 1 heterocycles. The third kappa shape index (κ3) is 4.71. The topological polar surface area (TPSA) is 96.9 Å². The highest BCUT2D eigenvalue weighted by atomic mass is 32.1. The summed E-state index contributed by atoms with van der Waals surface area (Å²) in [4.78, 5) is 24.7. The lowest BCUT2D eigenvalue weighted by Crippen LogP contribution is -2.37. The molecule has 2 rings (SSSR count). The summed E-state index contributed by atoms with van der Waals surface area (Å²) in [5.41, 5.74) is 1.29. The maximum absolute atomic E-state index is 12.0. The van der Waals surface area contributed by atoms with Crippen LogP contribution in [0.4, 0.5) is 5.69 Å². The number of aliphatic hydroxyl groups is 1. The fourth-order valence-electron chi connectivity index (χ4n) is 2.17. The van der Waals surface area contributed by atoms with Gasteiger partial charge in [0.1, 0.15) is 17.6 Å². The molecule has 0 aliphatic rings. The van der Waals surface area contributed by atoms with Gasteiger partial charge < -0.3 is 25.2 Å². The van der Waals surface area contributed by atoms with Crippen LogP contribution < -0.4 is 20.1 Å². The van der Waals surface area contributed by atoms with Crippen molar-refractivity contribution in [3.05, 3.63) is 40.1 Å². The largest absolute Gasteiger partial charge is 0.497 e. The number of anilines is 1. The van der Waals surface area contributed by atoms with Gasteiger partial charge in [-0.3, -0.25) is 9.59 Å². The van der Waals surface area contributed by atoms with E-state index in [-0.39, 0.29) is 6.54 Å². The lowest BCUT2D eigenvalue weighted by molar-refractivity contribution is -0.136. The normalized spacial score (nSPS) is 11.5. The Bertz CT molecular complexity index is 759. The number of thiophene rings is 1. The molecule has 1 atom stereocenters. The molecule has 3 N–H and O–H groups in total. The van der Waals surface area contributed by atoms with Gasteiger partial charge in [-0.1, -0.05) is 0 Å². The predicted octanol–water partition coefficient (Wildman–Crippen LogP) is 1.86. The Morgan fingerprint density at radius 3 is 2.56 bits per heavy atom. The number of benzene rings is 1. The van der Waals surface area contributed by atoms with Gasteiger partial charge in [0.05, 0.1) is 19.9 Å². The number of hydrogen-bond acceptors (Lipinski definition) is 6. The first-order valence-electron chi connectivity index (χ1n) is 7.49. The number of carbonyl (C=O) groups is 2. The molecule has 0 fully saturated rings. The molecular weight excluding hydrogens is 344 g/mol. The number of hydrogen-bond donors (Lipinski definition) is 3. The van der Waals surface area contributed by atoms with Gasteiger partial charge in [0.2, 0.25) is 0 Å². The third-order valence-corrected chi connectivity index (χ3v) is 4.64. The predicted molar refractivity (Wildman–Crippen MR) is 95.2 cm³/mol. The number of amides is 2. The van der Waals surface area contributed by atoms with Crippen LogP contribution in [0, 0.1) is 6.92 Å². The van der Waals surface area contributed by atoms with Crippen LogP contribution in [0.2, 0.25) is 0 Å². The SMILES string of the molecule is COc1ccc(NC(=O)C(=O)NCC(O)c2sccc2C)c(OC)c1. The molecule has 2 amide bonds. The van der Waals surface area contributed by atoms with E-state index in [9.17, 15) is 14.7 Å². The van der Waals surface area contributed by atoms with Crippen molar-refractivity contribution in [1.29, 1.82) is 0 Å². The van der Waals surface area contributed by atoms with Crippen molar-refractivity contribution in [1.82, 2.24) is 5.32 Å². The lowest BCUT2D eigenvalue weighted by atomic mass is 10.2. The molecule has 1 aromatic carbocycles. The first kappa shape index (κ1) is 18.8. The molecule has 0 saturated carbocycles. The molecular formula is C17H20N2O5S. The van der Waals surface area contributed by atoms with Gasteiger partial charge >= 0.3 is 11.8 Å². The van der Waals surface area contributed by atoms with Crippen LogP contribution in [-0.4, -0.2) is 37.7 Å². The molecule has 7 nitrogen and oxygen atoms in total. The summed E-state index contributed by atoms with van der Waals surface area (Å²) in [5.74, 6) is -0.756. The van der Waals surface area contributed by atoms with Crippen LogP contribution in [0.5, 0.6) is 11.5 Å². The monoisotopic (exact) mass is 364 g/mol. The Morgan fingerprint density at radius 1 is 1.20 bits per heavy atom. The van der Waals surface area contributed by atoms with Crippen LogP contribution in [0.25, 0.3) is 0 Å². The molecule has 0 saturated heterocycles. The van der Waals surface area contributed by atoms with E-state index in [1.807, 2.05) is 18.4 Å². The summed E-state index contributed by atoms with van der Waals surface area (Å²) < 4.78 is 10.2. The summed E-state index contributed by atoms with van der Waals surface area (Å²) in [6, 6.07) is 6.69. The summed E-state index contributed by atoms with van der Waals surface area (Å²) in [6.45, 7) is 1.83. The lowest BCUT2D eigenvalue weighted by Gasteiger charge is -2.13. The number of aryl methyl sites for hydroxylation is 1. The van der Waals surface area contributed by atoms with Crippen molar-refractivity contribution < 1.29 is 24.2 Å². The molecule has 134 valence electrons. The zero-order valence-corrected chi connectivity index (χ0v) is 15.0. The van der Waals surface area contributed by atoms with Gasteiger partial charge in [-0.15, -0.1) is 11.3 Å². The molecule has 1 unspecified atom stereocenters. The van der Waals surface area contributed by atoms with Gasteiger partial charge in [-0.05, 0) is 36.1 Å². The number of nitrogens with one attached hydrogen (secondary N) is 2. The molecule has 0 bridgehead atoms. The van der Waals surface area contributed by atoms with E-state index in [4.69, 9.17) is 9.47 Å². The minimum absolute atomic E-state index is 0.0483. The van der Waals surface area contributed by atoms with Crippen molar-refractivity contribution in [3.63, 3.8) is 0 Å². The molecule has 2 aromatic rings. The van der Waals surface area contributed by atoms with Gasteiger partial charge in [0.15, 0.2) is 0 Å². The van der Waals surface area contributed by atoms with Crippen molar-refractivity contribution >= 4 is 28.8 Å². The number of methoxy groups -OCH3 is 2. The van der Waals surface area contributed by atoms with E-state index in [0.717, 1.165) is 10.4 Å². The average Bonchev–Trinajstić information content (AvgIpc) is 3.05. The van der Waals surface area contributed by atoms with E-state index in [0.29, 0.717) is 17.2 Å². The number of aliphatic hydroxyl groups excluding tert-OH is 1. The maximum atomic E-state index is 12.0. The fraction of sp³-hybridized carbons (Fsp3) is 0.294. The van der Waals surface area contributed by atoms with Crippen molar-refractivity contribution in [2.45, 2.75) is 13.0 Å². The maximum Gasteiger partial charge on any atom is 0.313 e. The van der Waals surface area contributed by atoms with Crippen LogP contribution >= 0.6 is 11.3 Å². The van der Waals surface area contributed by atoms with Gasteiger partial charge in [0, 0.05) is 17.5 Å². The van der Waals surface area contributed by atoms with Crippen molar-refractivity contribution in [2.24, 2.45) is 0 Å². The Hall–Kier alpha value is -2.58. The smallest absolute Gasteiger partial charge is 0.313 e. The second-order valence-corrected chi connectivity index (χ2v) is 6.16.